The van der Waals surface area contributed by atoms with Gasteiger partial charge < -0.3 is 5.73 Å². The van der Waals surface area contributed by atoms with Crippen LogP contribution in [0.5, 0.6) is 0 Å². The van der Waals surface area contributed by atoms with Crippen molar-refractivity contribution in [1.82, 2.24) is 0 Å². The molecule has 0 radical (unpaired) electrons. The van der Waals surface area contributed by atoms with Crippen LogP contribution in [0, 0.1) is 6.92 Å². The van der Waals surface area contributed by atoms with Crippen molar-refractivity contribution in [2.75, 3.05) is 5.73 Å². The molecule has 0 bridgehead atoms. The standard InChI is InChI=1S/C13H12ClN/c1-9-2-3-11(8-13(9)15)10-4-6-12(14)7-5-10/h2-8H,15H2,1H3. The molecule has 1 nitrogen and oxygen atoms in total. The summed E-state index contributed by atoms with van der Waals surface area (Å²) in [6.07, 6.45) is 0. The lowest BCUT2D eigenvalue weighted by molar-refractivity contribution is 1.47. The first-order chi connectivity index (χ1) is 7.16. The van der Waals surface area contributed by atoms with E-state index < -0.39 is 0 Å². The average Bonchev–Trinajstić information content (AvgIpc) is 2.23. The number of halogens is 1. The maximum absolute atomic E-state index is 5.86. The van der Waals surface area contributed by atoms with E-state index in [1.165, 1.54) is 0 Å². The van der Waals surface area contributed by atoms with Crippen LogP contribution < -0.4 is 5.73 Å². The summed E-state index contributed by atoms with van der Waals surface area (Å²) in [4.78, 5) is 0. The lowest BCUT2D eigenvalue weighted by Crippen LogP contribution is -1.89. The molecule has 0 fully saturated rings. The molecular formula is C13H12ClN. The highest BCUT2D eigenvalue weighted by atomic mass is 35.5. The summed E-state index contributed by atoms with van der Waals surface area (Å²) in [7, 11) is 0. The molecule has 0 aromatic heterocycles. The highest BCUT2D eigenvalue weighted by molar-refractivity contribution is 6.30. The Morgan fingerprint density at radius 2 is 1.53 bits per heavy atom. The topological polar surface area (TPSA) is 26.0 Å². The summed E-state index contributed by atoms with van der Waals surface area (Å²) in [5, 5.41) is 0.749. The van der Waals surface area contributed by atoms with Gasteiger partial charge in [-0.2, -0.15) is 0 Å². The molecule has 0 amide bonds. The minimum atomic E-state index is 0.749. The van der Waals surface area contributed by atoms with E-state index in [9.17, 15) is 0 Å². The number of hydrogen-bond donors (Lipinski definition) is 1. The molecule has 15 heavy (non-hydrogen) atoms. The Balaban J connectivity index is 2.45. The van der Waals surface area contributed by atoms with Crippen LogP contribution in [0.2, 0.25) is 5.02 Å². The van der Waals surface area contributed by atoms with E-state index in [-0.39, 0.29) is 0 Å². The van der Waals surface area contributed by atoms with Crippen LogP contribution in [-0.4, -0.2) is 0 Å². The molecule has 76 valence electrons. The third kappa shape index (κ3) is 2.13. The normalized spacial score (nSPS) is 10.3. The summed E-state index contributed by atoms with van der Waals surface area (Å²) in [6.45, 7) is 2.00. The SMILES string of the molecule is Cc1ccc(-c2ccc(Cl)cc2)cc1N. The second kappa shape index (κ2) is 3.95. The Hall–Kier alpha value is -1.47. The molecule has 0 aliphatic heterocycles. The molecule has 2 N–H and O–H groups in total. The minimum absolute atomic E-state index is 0.749. The van der Waals surface area contributed by atoms with Crippen LogP contribution in [0.3, 0.4) is 0 Å². The maximum atomic E-state index is 5.86. The van der Waals surface area contributed by atoms with Crippen molar-refractivity contribution in [1.29, 1.82) is 0 Å². The van der Waals surface area contributed by atoms with E-state index in [4.69, 9.17) is 17.3 Å². The summed E-state index contributed by atoms with van der Waals surface area (Å²) >= 11 is 5.83. The molecule has 0 heterocycles. The predicted octanol–water partition coefficient (Wildman–Crippen LogP) is 3.90. The van der Waals surface area contributed by atoms with Crippen molar-refractivity contribution in [3.05, 3.63) is 53.1 Å². The van der Waals surface area contributed by atoms with Gasteiger partial charge in [-0.05, 0) is 41.8 Å². The second-order valence-electron chi connectivity index (χ2n) is 3.58. The molecule has 0 spiro atoms. The van der Waals surface area contributed by atoms with Crippen molar-refractivity contribution in [2.24, 2.45) is 0 Å². The van der Waals surface area contributed by atoms with Gasteiger partial charge in [-0.1, -0.05) is 35.9 Å². The first-order valence-corrected chi connectivity index (χ1v) is 5.17. The lowest BCUT2D eigenvalue weighted by atomic mass is 10.0. The van der Waals surface area contributed by atoms with Crippen LogP contribution in [0.1, 0.15) is 5.56 Å². The summed E-state index contributed by atoms with van der Waals surface area (Å²) in [5.74, 6) is 0. The molecule has 0 atom stereocenters. The predicted molar refractivity (Wildman–Crippen MR) is 66.0 cm³/mol. The molecular weight excluding hydrogens is 206 g/mol. The molecule has 0 unspecified atom stereocenters. The third-order valence-electron chi connectivity index (χ3n) is 2.46. The largest absolute Gasteiger partial charge is 0.398 e. The van der Waals surface area contributed by atoms with Gasteiger partial charge in [0.1, 0.15) is 0 Å². The first kappa shape index (κ1) is 10.1. The molecule has 0 saturated carbocycles. The van der Waals surface area contributed by atoms with E-state index in [0.717, 1.165) is 27.4 Å². The van der Waals surface area contributed by atoms with Crippen LogP contribution in [0.25, 0.3) is 11.1 Å². The zero-order chi connectivity index (χ0) is 10.8. The average molecular weight is 218 g/mol. The smallest absolute Gasteiger partial charge is 0.0406 e. The number of hydrogen-bond acceptors (Lipinski definition) is 1. The van der Waals surface area contributed by atoms with Gasteiger partial charge in [-0.3, -0.25) is 0 Å². The molecule has 2 heteroatoms. The highest BCUT2D eigenvalue weighted by Crippen LogP contribution is 2.24. The fourth-order valence-electron chi connectivity index (χ4n) is 1.46. The fourth-order valence-corrected chi connectivity index (χ4v) is 1.59. The van der Waals surface area contributed by atoms with Crippen LogP contribution in [0.15, 0.2) is 42.5 Å². The zero-order valence-electron chi connectivity index (χ0n) is 8.50. The maximum Gasteiger partial charge on any atom is 0.0406 e. The van der Waals surface area contributed by atoms with Gasteiger partial charge in [0.15, 0.2) is 0 Å². The summed E-state index contributed by atoms with van der Waals surface area (Å²) < 4.78 is 0. The lowest BCUT2D eigenvalue weighted by Gasteiger charge is -2.05. The van der Waals surface area contributed by atoms with Crippen molar-refractivity contribution in [3.8, 4) is 11.1 Å². The first-order valence-electron chi connectivity index (χ1n) is 4.79. The van der Waals surface area contributed by atoms with E-state index in [2.05, 4.69) is 6.07 Å². The molecule has 2 rings (SSSR count). The number of benzene rings is 2. The van der Waals surface area contributed by atoms with Gasteiger partial charge in [0, 0.05) is 10.7 Å². The fraction of sp³-hybridized carbons (Fsp3) is 0.0769. The number of rotatable bonds is 1. The number of anilines is 1. The Kier molecular flexibility index (Phi) is 2.65. The Morgan fingerprint density at radius 3 is 2.13 bits per heavy atom. The van der Waals surface area contributed by atoms with Gasteiger partial charge in [0.2, 0.25) is 0 Å². The van der Waals surface area contributed by atoms with E-state index in [1.807, 2.05) is 43.3 Å². The van der Waals surface area contributed by atoms with Gasteiger partial charge >= 0.3 is 0 Å². The zero-order valence-corrected chi connectivity index (χ0v) is 9.25. The quantitative estimate of drug-likeness (QED) is 0.721. The van der Waals surface area contributed by atoms with Gasteiger partial charge in [-0.15, -0.1) is 0 Å². The van der Waals surface area contributed by atoms with Crippen molar-refractivity contribution in [3.63, 3.8) is 0 Å². The third-order valence-corrected chi connectivity index (χ3v) is 2.71. The van der Waals surface area contributed by atoms with Gasteiger partial charge in [0.25, 0.3) is 0 Å². The Morgan fingerprint density at radius 1 is 0.933 bits per heavy atom. The van der Waals surface area contributed by atoms with Crippen molar-refractivity contribution in [2.45, 2.75) is 6.92 Å². The van der Waals surface area contributed by atoms with Gasteiger partial charge in [-0.25, -0.2) is 0 Å². The van der Waals surface area contributed by atoms with Gasteiger partial charge in [0.05, 0.1) is 0 Å². The highest BCUT2D eigenvalue weighted by Gasteiger charge is 1.99. The number of nitrogens with two attached hydrogens (primary N) is 1. The van der Waals surface area contributed by atoms with Crippen LogP contribution in [0.4, 0.5) is 5.69 Å². The molecule has 2 aromatic rings. The Labute approximate surface area is 94.5 Å². The second-order valence-corrected chi connectivity index (χ2v) is 4.01. The minimum Gasteiger partial charge on any atom is -0.398 e. The summed E-state index contributed by atoms with van der Waals surface area (Å²) in [5.41, 5.74) is 10.0. The Bertz CT molecular complexity index is 474. The van der Waals surface area contributed by atoms with E-state index in [1.54, 1.807) is 0 Å². The van der Waals surface area contributed by atoms with Crippen molar-refractivity contribution >= 4 is 17.3 Å². The summed E-state index contributed by atoms with van der Waals surface area (Å²) in [6, 6.07) is 13.8. The molecule has 0 saturated heterocycles. The molecule has 2 aromatic carbocycles. The number of nitrogen functional groups attached to an aromatic ring is 1. The van der Waals surface area contributed by atoms with E-state index >= 15 is 0 Å². The number of aryl methyl sites for hydroxylation is 1. The van der Waals surface area contributed by atoms with E-state index in [0.29, 0.717) is 0 Å². The monoisotopic (exact) mass is 217 g/mol. The van der Waals surface area contributed by atoms with Crippen LogP contribution >= 0.6 is 11.6 Å². The molecule has 0 aliphatic rings. The van der Waals surface area contributed by atoms with Crippen LogP contribution in [-0.2, 0) is 0 Å². The van der Waals surface area contributed by atoms with Crippen molar-refractivity contribution < 1.29 is 0 Å². The molecule has 0 aliphatic carbocycles.